The van der Waals surface area contributed by atoms with Crippen molar-refractivity contribution in [3.8, 4) is 5.75 Å². The predicted molar refractivity (Wildman–Crippen MR) is 80.0 cm³/mol. The van der Waals surface area contributed by atoms with E-state index in [1.165, 1.54) is 11.1 Å². The van der Waals surface area contributed by atoms with Crippen LogP contribution in [-0.4, -0.2) is 12.1 Å². The van der Waals surface area contributed by atoms with Crippen LogP contribution in [0.5, 0.6) is 5.75 Å². The summed E-state index contributed by atoms with van der Waals surface area (Å²) in [5, 5.41) is 1.14. The quantitative estimate of drug-likeness (QED) is 0.716. The Morgan fingerprint density at radius 3 is 2.80 bits per heavy atom. The number of nitrogens with zero attached hydrogens (tertiary/aromatic N) is 1. The van der Waals surface area contributed by atoms with Gasteiger partial charge in [-0.3, -0.25) is 4.98 Å². The van der Waals surface area contributed by atoms with Gasteiger partial charge in [0.1, 0.15) is 5.75 Å². The first kappa shape index (κ1) is 12.5. The number of benzene rings is 1. The van der Waals surface area contributed by atoms with Crippen molar-refractivity contribution in [2.75, 3.05) is 7.11 Å². The minimum atomic E-state index is 0.877. The molecule has 0 aliphatic heterocycles. The van der Waals surface area contributed by atoms with Crippen LogP contribution in [0.4, 0.5) is 0 Å². The van der Waals surface area contributed by atoms with E-state index in [1.807, 2.05) is 24.4 Å². The zero-order valence-electron chi connectivity index (χ0n) is 11.6. The van der Waals surface area contributed by atoms with Gasteiger partial charge < -0.3 is 4.74 Å². The van der Waals surface area contributed by atoms with Crippen LogP contribution in [0, 0.1) is 19.1 Å². The van der Waals surface area contributed by atoms with Gasteiger partial charge in [0.15, 0.2) is 0 Å². The standard InChI is InChI=1S/C18H15NO/c1-13-11-14(7-8-18(13)20-2)12-15-9-10-19-17-6-4-3-5-16(15)17/h5-11H,12H2,1-2H3. The molecular weight excluding hydrogens is 246 g/mol. The van der Waals surface area contributed by atoms with Crippen LogP contribution >= 0.6 is 0 Å². The van der Waals surface area contributed by atoms with E-state index in [0.717, 1.165) is 28.6 Å². The Morgan fingerprint density at radius 2 is 2.00 bits per heavy atom. The van der Waals surface area contributed by atoms with Crippen molar-refractivity contribution in [1.82, 2.24) is 4.98 Å². The van der Waals surface area contributed by atoms with E-state index in [2.05, 4.69) is 42.2 Å². The van der Waals surface area contributed by atoms with E-state index in [4.69, 9.17) is 4.74 Å². The Labute approximate surface area is 119 Å². The minimum Gasteiger partial charge on any atom is -0.496 e. The van der Waals surface area contributed by atoms with Gasteiger partial charge in [0, 0.05) is 17.6 Å². The highest BCUT2D eigenvalue weighted by molar-refractivity contribution is 5.81. The molecule has 98 valence electrons. The summed E-state index contributed by atoms with van der Waals surface area (Å²) >= 11 is 0. The van der Waals surface area contributed by atoms with Crippen LogP contribution in [0.1, 0.15) is 16.7 Å². The van der Waals surface area contributed by atoms with Gasteiger partial charge in [0.25, 0.3) is 0 Å². The molecule has 0 amide bonds. The number of hydrogen-bond donors (Lipinski definition) is 0. The van der Waals surface area contributed by atoms with Gasteiger partial charge in [0.2, 0.25) is 0 Å². The average molecular weight is 261 g/mol. The molecule has 0 aliphatic carbocycles. The zero-order valence-corrected chi connectivity index (χ0v) is 11.6. The molecule has 0 fully saturated rings. The Bertz CT molecular complexity index is 744. The molecule has 2 nitrogen and oxygen atoms in total. The molecule has 3 aromatic rings. The van der Waals surface area contributed by atoms with Crippen LogP contribution in [0.3, 0.4) is 0 Å². The third kappa shape index (κ3) is 2.31. The monoisotopic (exact) mass is 261 g/mol. The highest BCUT2D eigenvalue weighted by atomic mass is 16.5. The summed E-state index contributed by atoms with van der Waals surface area (Å²) in [5.41, 5.74) is 4.64. The molecule has 0 aliphatic rings. The molecule has 0 bridgehead atoms. The number of aromatic nitrogens is 1. The van der Waals surface area contributed by atoms with Crippen LogP contribution in [0.2, 0.25) is 0 Å². The first-order valence-electron chi connectivity index (χ1n) is 6.57. The van der Waals surface area contributed by atoms with Gasteiger partial charge in [0.05, 0.1) is 12.6 Å². The summed E-state index contributed by atoms with van der Waals surface area (Å²) in [6, 6.07) is 18.1. The number of ether oxygens (including phenoxy) is 1. The van der Waals surface area contributed by atoms with Crippen LogP contribution < -0.4 is 4.74 Å². The molecule has 0 N–H and O–H groups in total. The Hall–Kier alpha value is -2.53. The van der Waals surface area contributed by atoms with Gasteiger partial charge >= 0.3 is 0 Å². The van der Waals surface area contributed by atoms with E-state index >= 15 is 0 Å². The number of rotatable bonds is 3. The number of hydrogen-bond acceptors (Lipinski definition) is 2. The molecule has 0 atom stereocenters. The summed E-state index contributed by atoms with van der Waals surface area (Å²) in [7, 11) is 1.70. The average Bonchev–Trinajstić information content (AvgIpc) is 2.48. The van der Waals surface area contributed by atoms with Gasteiger partial charge in [-0.05, 0) is 48.2 Å². The Morgan fingerprint density at radius 1 is 1.15 bits per heavy atom. The van der Waals surface area contributed by atoms with Crippen molar-refractivity contribution < 1.29 is 4.74 Å². The SMILES string of the molecule is COc1ccc(Cc2ccnc3cc#ccc23)cc1C. The first-order chi connectivity index (χ1) is 9.78. The largest absolute Gasteiger partial charge is 0.496 e. The second-order valence-corrected chi connectivity index (χ2v) is 4.83. The number of aryl methyl sites for hydroxylation is 1. The molecule has 2 heteroatoms. The Kier molecular flexibility index (Phi) is 3.26. The fourth-order valence-electron chi connectivity index (χ4n) is 2.46. The van der Waals surface area contributed by atoms with Crippen LogP contribution in [0.25, 0.3) is 10.9 Å². The summed E-state index contributed by atoms with van der Waals surface area (Å²) < 4.78 is 5.30. The van der Waals surface area contributed by atoms with Crippen molar-refractivity contribution in [3.63, 3.8) is 0 Å². The van der Waals surface area contributed by atoms with E-state index in [1.54, 1.807) is 7.11 Å². The lowest BCUT2D eigenvalue weighted by Crippen LogP contribution is -1.93. The molecule has 0 radical (unpaired) electrons. The summed E-state index contributed by atoms with van der Waals surface area (Å²) in [6.07, 6.45) is 2.73. The highest BCUT2D eigenvalue weighted by Gasteiger charge is 2.04. The maximum absolute atomic E-state index is 5.30. The molecule has 0 unspecified atom stereocenters. The fourth-order valence-corrected chi connectivity index (χ4v) is 2.46. The summed E-state index contributed by atoms with van der Waals surface area (Å²) in [4.78, 5) is 4.36. The molecule has 1 aromatic heterocycles. The second kappa shape index (κ2) is 5.22. The van der Waals surface area contributed by atoms with Crippen molar-refractivity contribution in [1.29, 1.82) is 0 Å². The van der Waals surface area contributed by atoms with E-state index in [9.17, 15) is 0 Å². The predicted octanol–water partition coefficient (Wildman–Crippen LogP) is 3.74. The third-order valence-corrected chi connectivity index (χ3v) is 3.47. The second-order valence-electron chi connectivity index (χ2n) is 4.83. The normalized spacial score (nSPS) is 10.3. The van der Waals surface area contributed by atoms with Gasteiger partial charge in [-0.25, -0.2) is 0 Å². The lowest BCUT2D eigenvalue weighted by molar-refractivity contribution is 0.411. The van der Waals surface area contributed by atoms with Crippen molar-refractivity contribution in [2.24, 2.45) is 0 Å². The molecular formula is C18H15NO. The maximum Gasteiger partial charge on any atom is 0.121 e. The number of pyridine rings is 1. The summed E-state index contributed by atoms with van der Waals surface area (Å²) in [6.45, 7) is 2.07. The highest BCUT2D eigenvalue weighted by Crippen LogP contribution is 2.22. The van der Waals surface area contributed by atoms with Gasteiger partial charge in [-0.2, -0.15) is 0 Å². The maximum atomic E-state index is 5.30. The molecule has 2 aromatic carbocycles. The lowest BCUT2D eigenvalue weighted by atomic mass is 10.0. The molecule has 0 spiro atoms. The van der Waals surface area contributed by atoms with Gasteiger partial charge in [-0.1, -0.05) is 24.3 Å². The van der Waals surface area contributed by atoms with E-state index < -0.39 is 0 Å². The number of methoxy groups -OCH3 is 1. The van der Waals surface area contributed by atoms with Crippen LogP contribution in [-0.2, 0) is 6.42 Å². The van der Waals surface area contributed by atoms with E-state index in [0.29, 0.717) is 0 Å². The Balaban J connectivity index is 1.99. The van der Waals surface area contributed by atoms with Crippen molar-refractivity contribution in [3.05, 3.63) is 71.4 Å². The molecule has 1 heterocycles. The molecule has 3 rings (SSSR count). The smallest absolute Gasteiger partial charge is 0.121 e. The summed E-state index contributed by atoms with van der Waals surface area (Å²) in [5.74, 6) is 0.927. The number of fused-ring (bicyclic) bond motifs is 1. The minimum absolute atomic E-state index is 0.877. The molecule has 20 heavy (non-hydrogen) atoms. The molecule has 0 saturated heterocycles. The van der Waals surface area contributed by atoms with Gasteiger partial charge in [-0.15, -0.1) is 0 Å². The zero-order chi connectivity index (χ0) is 13.9. The lowest BCUT2D eigenvalue weighted by Gasteiger charge is -2.09. The first-order valence-corrected chi connectivity index (χ1v) is 6.57. The van der Waals surface area contributed by atoms with E-state index in [-0.39, 0.29) is 0 Å². The van der Waals surface area contributed by atoms with Crippen molar-refractivity contribution in [2.45, 2.75) is 13.3 Å². The topological polar surface area (TPSA) is 22.1 Å². The third-order valence-electron chi connectivity index (χ3n) is 3.47. The molecule has 0 saturated carbocycles. The van der Waals surface area contributed by atoms with Crippen molar-refractivity contribution >= 4 is 10.9 Å². The fraction of sp³-hybridized carbons (Fsp3) is 0.167. The van der Waals surface area contributed by atoms with Crippen LogP contribution in [0.15, 0.2) is 42.6 Å².